The molecule has 0 amide bonds. The topological polar surface area (TPSA) is 27.8 Å². The Labute approximate surface area is 174 Å². The van der Waals surface area contributed by atoms with Crippen molar-refractivity contribution in [1.82, 2.24) is 4.98 Å². The lowest BCUT2D eigenvalue weighted by Crippen LogP contribution is -2.04. The first-order chi connectivity index (χ1) is 14.3. The summed E-state index contributed by atoms with van der Waals surface area (Å²) in [6, 6.07) is 11.9. The van der Waals surface area contributed by atoms with Gasteiger partial charge in [-0.3, -0.25) is 0 Å². The van der Waals surface area contributed by atoms with Gasteiger partial charge in [0.25, 0.3) is 0 Å². The van der Waals surface area contributed by atoms with Crippen LogP contribution in [0.15, 0.2) is 60.9 Å². The second-order valence-electron chi connectivity index (χ2n) is 8.90. The number of allylic oxidation sites excluding steroid dienone is 1. The van der Waals surface area contributed by atoms with Gasteiger partial charge < -0.3 is 10.3 Å². The summed E-state index contributed by atoms with van der Waals surface area (Å²) in [6.07, 6.45) is 4.22. The van der Waals surface area contributed by atoms with Crippen molar-refractivity contribution in [3.8, 4) is 0 Å². The molecule has 0 saturated heterocycles. The van der Waals surface area contributed by atoms with E-state index in [9.17, 15) is 13.2 Å². The molecule has 2 aromatic carbocycles. The zero-order chi connectivity index (χ0) is 20.9. The van der Waals surface area contributed by atoms with Crippen molar-refractivity contribution in [1.29, 1.82) is 0 Å². The maximum atomic E-state index is 12.7. The third-order valence-electron chi connectivity index (χ3n) is 6.76. The maximum Gasteiger partial charge on any atom is 0.416 e. The number of anilines is 1. The van der Waals surface area contributed by atoms with Gasteiger partial charge in [0.15, 0.2) is 0 Å². The number of aryl methyl sites for hydroxylation is 2. The number of hydrogen-bond donors (Lipinski definition) is 2. The summed E-state index contributed by atoms with van der Waals surface area (Å²) < 4.78 is 38.0. The van der Waals surface area contributed by atoms with Crippen molar-refractivity contribution in [2.75, 3.05) is 5.32 Å². The summed E-state index contributed by atoms with van der Waals surface area (Å²) in [6.45, 7) is 4.27. The predicted molar refractivity (Wildman–Crippen MR) is 114 cm³/mol. The molecule has 2 fully saturated rings. The molecule has 2 nitrogen and oxygen atoms in total. The van der Waals surface area contributed by atoms with E-state index in [4.69, 9.17) is 0 Å². The number of alkyl halides is 3. The van der Waals surface area contributed by atoms with Crippen LogP contribution in [0.2, 0.25) is 0 Å². The van der Waals surface area contributed by atoms with Crippen LogP contribution in [0.1, 0.15) is 42.4 Å². The highest BCUT2D eigenvalue weighted by Crippen LogP contribution is 2.72. The third kappa shape index (κ3) is 3.73. The second kappa shape index (κ2) is 6.93. The van der Waals surface area contributed by atoms with Crippen LogP contribution in [0.3, 0.4) is 0 Å². The van der Waals surface area contributed by atoms with E-state index >= 15 is 0 Å². The smallest absolute Gasteiger partial charge is 0.359 e. The number of benzene rings is 2. The van der Waals surface area contributed by atoms with Crippen LogP contribution in [0.4, 0.5) is 18.9 Å². The Bertz CT molecular complexity index is 1090. The third-order valence-corrected chi connectivity index (χ3v) is 6.76. The summed E-state index contributed by atoms with van der Waals surface area (Å²) in [5.41, 5.74) is 5.44. The van der Waals surface area contributed by atoms with Crippen molar-refractivity contribution < 1.29 is 13.2 Å². The van der Waals surface area contributed by atoms with Gasteiger partial charge in [0.05, 0.1) is 11.3 Å². The molecule has 0 radical (unpaired) electrons. The lowest BCUT2D eigenvalue weighted by molar-refractivity contribution is -0.137. The van der Waals surface area contributed by atoms with Crippen LogP contribution in [-0.2, 0) is 19.0 Å². The molecule has 156 valence electrons. The number of fused-ring (bicyclic) bond motifs is 1. The molecule has 0 bridgehead atoms. The van der Waals surface area contributed by atoms with E-state index in [-0.39, 0.29) is 0 Å². The zero-order valence-corrected chi connectivity index (χ0v) is 16.8. The number of halogens is 3. The highest BCUT2D eigenvalue weighted by molar-refractivity contribution is 5.93. The molecule has 2 aliphatic carbocycles. The SMILES string of the molecule is C=C(Nc1c[nH]c2ccc(CCCc3ccc(C(F)(F)F)cc3)cc12)C1CC12CC2. The minimum Gasteiger partial charge on any atom is -0.359 e. The summed E-state index contributed by atoms with van der Waals surface area (Å²) in [5, 5.41) is 4.69. The molecule has 5 rings (SSSR count). The maximum absolute atomic E-state index is 12.7. The molecule has 1 aromatic heterocycles. The van der Waals surface area contributed by atoms with Crippen LogP contribution in [0.5, 0.6) is 0 Å². The average molecular weight is 410 g/mol. The number of aromatic nitrogens is 1. The van der Waals surface area contributed by atoms with E-state index in [1.165, 1.54) is 24.8 Å². The predicted octanol–water partition coefficient (Wildman–Crippen LogP) is 7.09. The van der Waals surface area contributed by atoms with Gasteiger partial charge in [0.2, 0.25) is 0 Å². The second-order valence-corrected chi connectivity index (χ2v) is 8.90. The first kappa shape index (κ1) is 19.3. The fourth-order valence-corrected chi connectivity index (χ4v) is 4.60. The molecule has 1 heterocycles. The Balaban J connectivity index is 1.21. The number of hydrogen-bond acceptors (Lipinski definition) is 1. The minimum absolute atomic E-state index is 0.583. The Morgan fingerprint density at radius 2 is 1.77 bits per heavy atom. The van der Waals surface area contributed by atoms with Crippen LogP contribution < -0.4 is 5.32 Å². The molecular formula is C25H25F3N2. The molecule has 1 spiro atoms. The van der Waals surface area contributed by atoms with Gasteiger partial charge in [-0.2, -0.15) is 13.2 Å². The molecule has 2 saturated carbocycles. The molecule has 5 heteroatoms. The number of H-pyrrole nitrogens is 1. The molecule has 1 atom stereocenters. The van der Waals surface area contributed by atoms with Gasteiger partial charge in [0, 0.05) is 28.7 Å². The monoisotopic (exact) mass is 410 g/mol. The molecule has 2 N–H and O–H groups in total. The Morgan fingerprint density at radius 1 is 1.07 bits per heavy atom. The lowest BCUT2D eigenvalue weighted by atomic mass is 10.0. The minimum atomic E-state index is -4.28. The van der Waals surface area contributed by atoms with Gasteiger partial charge in [-0.25, -0.2) is 0 Å². The summed E-state index contributed by atoms with van der Waals surface area (Å²) in [5.74, 6) is 0.620. The van der Waals surface area contributed by atoms with Gasteiger partial charge in [-0.15, -0.1) is 0 Å². The Hall–Kier alpha value is -2.69. The van der Waals surface area contributed by atoms with E-state index in [1.807, 2.05) is 6.20 Å². The Kier molecular flexibility index (Phi) is 4.46. The largest absolute Gasteiger partial charge is 0.416 e. The molecule has 1 unspecified atom stereocenters. The van der Waals surface area contributed by atoms with E-state index in [2.05, 4.69) is 35.1 Å². The van der Waals surface area contributed by atoms with E-state index in [0.29, 0.717) is 11.3 Å². The lowest BCUT2D eigenvalue weighted by Gasteiger charge is -2.09. The fourth-order valence-electron chi connectivity index (χ4n) is 4.60. The summed E-state index contributed by atoms with van der Waals surface area (Å²) in [4.78, 5) is 3.32. The molecule has 0 aliphatic heterocycles. The first-order valence-corrected chi connectivity index (χ1v) is 10.6. The normalized spacial score (nSPS) is 19.2. The molecule has 2 aliphatic rings. The van der Waals surface area contributed by atoms with Crippen molar-refractivity contribution in [3.05, 3.63) is 77.6 Å². The number of aromatic amines is 1. The average Bonchev–Trinajstić information content (AvgIpc) is 3.62. The van der Waals surface area contributed by atoms with Crippen molar-refractivity contribution in [2.24, 2.45) is 11.3 Å². The van der Waals surface area contributed by atoms with Gasteiger partial charge in [-0.1, -0.05) is 24.8 Å². The Morgan fingerprint density at radius 3 is 2.43 bits per heavy atom. The summed E-state index contributed by atoms with van der Waals surface area (Å²) >= 11 is 0. The van der Waals surface area contributed by atoms with Gasteiger partial charge in [-0.05, 0) is 79.3 Å². The van der Waals surface area contributed by atoms with Crippen LogP contribution in [0, 0.1) is 11.3 Å². The van der Waals surface area contributed by atoms with E-state index < -0.39 is 11.7 Å². The molecular weight excluding hydrogens is 385 g/mol. The molecule has 3 aromatic rings. The van der Waals surface area contributed by atoms with Crippen LogP contribution in [0.25, 0.3) is 10.9 Å². The van der Waals surface area contributed by atoms with Crippen LogP contribution >= 0.6 is 0 Å². The van der Waals surface area contributed by atoms with Crippen molar-refractivity contribution in [2.45, 2.75) is 44.7 Å². The number of rotatable bonds is 7. The standard InChI is InChI=1S/C25H25F3N2/c1-16(21-14-24(21)11-12-24)30-23-15-29-22-10-7-18(13-20(22)23)4-2-3-17-5-8-19(9-6-17)25(26,27)28/h5-10,13,15,21,29-30H,1-4,11-12,14H2. The van der Waals surface area contributed by atoms with E-state index in [1.54, 1.807) is 12.1 Å². The highest BCUT2D eigenvalue weighted by Gasteiger charge is 2.63. The van der Waals surface area contributed by atoms with Crippen molar-refractivity contribution in [3.63, 3.8) is 0 Å². The number of nitrogens with one attached hydrogen (secondary N) is 2. The molecule has 30 heavy (non-hydrogen) atoms. The van der Waals surface area contributed by atoms with Gasteiger partial charge >= 0.3 is 6.18 Å². The van der Waals surface area contributed by atoms with Gasteiger partial charge in [0.1, 0.15) is 0 Å². The fraction of sp³-hybridized carbons (Fsp3) is 0.360. The first-order valence-electron chi connectivity index (χ1n) is 10.6. The van der Waals surface area contributed by atoms with Crippen LogP contribution in [-0.4, -0.2) is 4.98 Å². The highest BCUT2D eigenvalue weighted by atomic mass is 19.4. The quantitative estimate of drug-likeness (QED) is 0.428. The van der Waals surface area contributed by atoms with E-state index in [0.717, 1.165) is 59.2 Å². The van der Waals surface area contributed by atoms with Crippen molar-refractivity contribution >= 4 is 16.6 Å². The zero-order valence-electron chi connectivity index (χ0n) is 16.8. The summed E-state index contributed by atoms with van der Waals surface area (Å²) in [7, 11) is 0.